The summed E-state index contributed by atoms with van der Waals surface area (Å²) in [4.78, 5) is 0. The lowest BCUT2D eigenvalue weighted by Gasteiger charge is -1.97. The fourth-order valence-corrected chi connectivity index (χ4v) is 0.776. The zero-order valence-corrected chi connectivity index (χ0v) is 5.83. The zero-order chi connectivity index (χ0) is 8.27. The van der Waals surface area contributed by atoms with Gasteiger partial charge in [-0.3, -0.25) is 0 Å². The normalized spacial score (nSPS) is 8.64. The van der Waals surface area contributed by atoms with Crippen molar-refractivity contribution < 1.29 is 0 Å². The highest BCUT2D eigenvalue weighted by molar-refractivity contribution is 5.85. The summed E-state index contributed by atoms with van der Waals surface area (Å²) < 4.78 is 0. The van der Waals surface area contributed by atoms with Gasteiger partial charge in [0.1, 0.15) is 0 Å². The van der Waals surface area contributed by atoms with Gasteiger partial charge >= 0.3 is 0 Å². The molecule has 0 fully saturated rings. The molecule has 1 rings (SSSR count). The van der Waals surface area contributed by atoms with E-state index in [0.29, 0.717) is 16.8 Å². The molecule has 0 aliphatic heterocycles. The van der Waals surface area contributed by atoms with Crippen LogP contribution in [0.3, 0.4) is 0 Å². The van der Waals surface area contributed by atoms with Gasteiger partial charge in [0.05, 0.1) is 11.6 Å². The molecule has 0 aliphatic rings. The third-order valence-corrected chi connectivity index (χ3v) is 1.37. The van der Waals surface area contributed by atoms with Crippen LogP contribution in [0.15, 0.2) is 18.2 Å². The Hall–Kier alpha value is -1.82. The molecule has 11 heavy (non-hydrogen) atoms. The first-order valence-corrected chi connectivity index (χ1v) is 3.08. The number of nitriles is 1. The maximum Gasteiger partial charge on any atom is 0.0992 e. The predicted molar refractivity (Wildman–Crippen MR) is 43.5 cm³/mol. The van der Waals surface area contributed by atoms with Crippen molar-refractivity contribution in [2.24, 2.45) is 0 Å². The standard InChI is InChI=1S/C8H7N3/c9-4-6-1-2-7(5-10)8(11)3-6/h1-3,5,10H,11H2. The van der Waals surface area contributed by atoms with E-state index in [-0.39, 0.29) is 0 Å². The van der Waals surface area contributed by atoms with E-state index in [1.807, 2.05) is 6.07 Å². The lowest BCUT2D eigenvalue weighted by Crippen LogP contribution is -1.92. The SMILES string of the molecule is N#Cc1ccc(C=N)c(N)c1. The summed E-state index contributed by atoms with van der Waals surface area (Å²) in [5.41, 5.74) is 7.14. The fourth-order valence-electron chi connectivity index (χ4n) is 0.776. The summed E-state index contributed by atoms with van der Waals surface area (Å²) in [7, 11) is 0. The van der Waals surface area contributed by atoms with E-state index in [0.717, 1.165) is 6.21 Å². The molecule has 0 heterocycles. The molecule has 0 amide bonds. The largest absolute Gasteiger partial charge is 0.398 e. The first kappa shape index (κ1) is 7.29. The quantitative estimate of drug-likeness (QED) is 0.459. The number of hydrogen-bond acceptors (Lipinski definition) is 3. The maximum atomic E-state index is 8.46. The van der Waals surface area contributed by atoms with Gasteiger partial charge in [0.2, 0.25) is 0 Å². The minimum atomic E-state index is 0.471. The van der Waals surface area contributed by atoms with E-state index >= 15 is 0 Å². The molecule has 3 nitrogen and oxygen atoms in total. The highest BCUT2D eigenvalue weighted by Gasteiger charge is 1.95. The van der Waals surface area contributed by atoms with Crippen LogP contribution in [0.5, 0.6) is 0 Å². The molecule has 0 unspecified atom stereocenters. The first-order chi connectivity index (χ1) is 5.27. The van der Waals surface area contributed by atoms with Gasteiger partial charge in [-0.1, -0.05) is 6.07 Å². The van der Waals surface area contributed by atoms with Crippen LogP contribution in [0.2, 0.25) is 0 Å². The van der Waals surface area contributed by atoms with Crippen molar-refractivity contribution in [3.8, 4) is 6.07 Å². The molecule has 0 radical (unpaired) electrons. The minimum absolute atomic E-state index is 0.471. The van der Waals surface area contributed by atoms with E-state index in [1.54, 1.807) is 18.2 Å². The van der Waals surface area contributed by atoms with Crippen LogP contribution in [0, 0.1) is 16.7 Å². The molecule has 3 heteroatoms. The second kappa shape index (κ2) is 2.84. The Bertz CT molecular complexity index is 323. The molecule has 0 aliphatic carbocycles. The summed E-state index contributed by atoms with van der Waals surface area (Å²) in [6.45, 7) is 0. The number of anilines is 1. The van der Waals surface area contributed by atoms with Gasteiger partial charge in [-0.2, -0.15) is 5.26 Å². The molecule has 54 valence electrons. The van der Waals surface area contributed by atoms with Gasteiger partial charge in [-0.25, -0.2) is 0 Å². The second-order valence-electron chi connectivity index (χ2n) is 2.10. The highest BCUT2D eigenvalue weighted by atomic mass is 14.6. The highest BCUT2D eigenvalue weighted by Crippen LogP contribution is 2.10. The zero-order valence-electron chi connectivity index (χ0n) is 5.83. The smallest absolute Gasteiger partial charge is 0.0992 e. The van der Waals surface area contributed by atoms with Crippen LogP contribution in [0.25, 0.3) is 0 Å². The topological polar surface area (TPSA) is 73.7 Å². The molecule has 0 saturated heterocycles. The Morgan fingerprint density at radius 2 is 2.27 bits per heavy atom. The molecule has 0 bridgehead atoms. The van der Waals surface area contributed by atoms with E-state index < -0.39 is 0 Å². The van der Waals surface area contributed by atoms with E-state index in [1.165, 1.54) is 0 Å². The maximum absolute atomic E-state index is 8.46. The van der Waals surface area contributed by atoms with Crippen LogP contribution in [0.1, 0.15) is 11.1 Å². The Kier molecular flexibility index (Phi) is 1.88. The van der Waals surface area contributed by atoms with Crippen molar-refractivity contribution in [1.82, 2.24) is 0 Å². The lowest BCUT2D eigenvalue weighted by molar-refractivity contribution is 1.47. The molecular weight excluding hydrogens is 138 g/mol. The van der Waals surface area contributed by atoms with Crippen molar-refractivity contribution in [3.63, 3.8) is 0 Å². The van der Waals surface area contributed by atoms with Crippen LogP contribution in [-0.4, -0.2) is 6.21 Å². The Morgan fingerprint density at radius 1 is 1.55 bits per heavy atom. The van der Waals surface area contributed by atoms with E-state index in [4.69, 9.17) is 16.4 Å². The average Bonchev–Trinajstić information content (AvgIpc) is 2.04. The third kappa shape index (κ3) is 1.36. The van der Waals surface area contributed by atoms with Crippen LogP contribution >= 0.6 is 0 Å². The van der Waals surface area contributed by atoms with Gasteiger partial charge < -0.3 is 11.1 Å². The van der Waals surface area contributed by atoms with Crippen molar-refractivity contribution in [2.75, 3.05) is 5.73 Å². The number of benzene rings is 1. The van der Waals surface area contributed by atoms with Gasteiger partial charge in [0, 0.05) is 17.5 Å². The summed E-state index contributed by atoms with van der Waals surface area (Å²) in [5, 5.41) is 15.4. The molecule has 1 aromatic carbocycles. The average molecular weight is 145 g/mol. The fraction of sp³-hybridized carbons (Fsp3) is 0. The molecular formula is C8H7N3. The van der Waals surface area contributed by atoms with Gasteiger partial charge in [-0.05, 0) is 12.1 Å². The molecule has 3 N–H and O–H groups in total. The Labute approximate surface area is 64.6 Å². The van der Waals surface area contributed by atoms with E-state index in [9.17, 15) is 0 Å². The number of nitrogen functional groups attached to an aromatic ring is 1. The van der Waals surface area contributed by atoms with Crippen molar-refractivity contribution in [1.29, 1.82) is 10.7 Å². The summed E-state index contributed by atoms with van der Waals surface area (Å²) in [6.07, 6.45) is 1.16. The number of nitrogens with two attached hydrogens (primary N) is 1. The predicted octanol–water partition coefficient (Wildman–Crippen LogP) is 1.14. The third-order valence-electron chi connectivity index (χ3n) is 1.37. The van der Waals surface area contributed by atoms with E-state index in [2.05, 4.69) is 0 Å². The lowest BCUT2D eigenvalue weighted by atomic mass is 10.1. The number of hydrogen-bond donors (Lipinski definition) is 2. The summed E-state index contributed by atoms with van der Waals surface area (Å²) >= 11 is 0. The number of nitrogens with one attached hydrogen (secondary N) is 1. The molecule has 0 atom stereocenters. The van der Waals surface area contributed by atoms with Gasteiger partial charge in [0.15, 0.2) is 0 Å². The summed E-state index contributed by atoms with van der Waals surface area (Å²) in [6, 6.07) is 6.81. The minimum Gasteiger partial charge on any atom is -0.398 e. The van der Waals surface area contributed by atoms with Crippen LogP contribution < -0.4 is 5.73 Å². The van der Waals surface area contributed by atoms with Crippen LogP contribution in [-0.2, 0) is 0 Å². The Balaban J connectivity index is 3.22. The summed E-state index contributed by atoms with van der Waals surface area (Å²) in [5.74, 6) is 0. The monoisotopic (exact) mass is 145 g/mol. The molecule has 0 saturated carbocycles. The van der Waals surface area contributed by atoms with Crippen LogP contribution in [0.4, 0.5) is 5.69 Å². The Morgan fingerprint density at radius 3 is 2.73 bits per heavy atom. The number of rotatable bonds is 1. The first-order valence-electron chi connectivity index (χ1n) is 3.08. The van der Waals surface area contributed by atoms with Crippen molar-refractivity contribution in [2.45, 2.75) is 0 Å². The van der Waals surface area contributed by atoms with Gasteiger partial charge in [-0.15, -0.1) is 0 Å². The van der Waals surface area contributed by atoms with Gasteiger partial charge in [0.25, 0.3) is 0 Å². The number of nitrogens with zero attached hydrogens (tertiary/aromatic N) is 1. The molecule has 0 spiro atoms. The second-order valence-corrected chi connectivity index (χ2v) is 2.10. The molecule has 0 aromatic heterocycles. The molecule has 1 aromatic rings. The van der Waals surface area contributed by atoms with Crippen molar-refractivity contribution >= 4 is 11.9 Å². The van der Waals surface area contributed by atoms with Crippen molar-refractivity contribution in [3.05, 3.63) is 29.3 Å².